The van der Waals surface area contributed by atoms with Crippen LogP contribution >= 0.6 is 95.6 Å². The second kappa shape index (κ2) is 15.7. The van der Waals surface area contributed by atoms with Gasteiger partial charge in [0.05, 0.1) is 14.7 Å². The van der Waals surface area contributed by atoms with Crippen LogP contribution < -0.4 is 0 Å². The average molecular weight is 972 g/mol. The van der Waals surface area contributed by atoms with E-state index in [-0.39, 0.29) is 32.0 Å². The summed E-state index contributed by atoms with van der Waals surface area (Å²) in [6, 6.07) is 12.0. The van der Waals surface area contributed by atoms with E-state index in [1.807, 2.05) is 0 Å². The maximum absolute atomic E-state index is 10.5. The Hall–Kier alpha value is 0.802. The van der Waals surface area contributed by atoms with Gasteiger partial charge in [0.15, 0.2) is 0 Å². The largest absolute Gasteiger partial charge is 3.00 e. The maximum Gasteiger partial charge on any atom is 3.00 e. The molecule has 3 rings (SSSR count). The number of rotatable bonds is 3. The molecule has 0 spiro atoms. The van der Waals surface area contributed by atoms with Crippen LogP contribution in [0.4, 0.5) is 0 Å². The Morgan fingerprint density at radius 3 is 0.730 bits per heavy atom. The van der Waals surface area contributed by atoms with Crippen LogP contribution in [0.15, 0.2) is 96.1 Å². The second-order valence-electron chi connectivity index (χ2n) is 6.09. The number of benzene rings is 3. The quantitative estimate of drug-likeness (QED) is 0.227. The summed E-state index contributed by atoms with van der Waals surface area (Å²) in [5.74, 6) is 0. The summed E-state index contributed by atoms with van der Waals surface area (Å²) in [5.41, 5.74) is 0. The minimum Gasteiger partial charge on any atom is -0.744 e. The van der Waals surface area contributed by atoms with E-state index >= 15 is 0 Å². The molecule has 9 nitrogen and oxygen atoms in total. The van der Waals surface area contributed by atoms with Crippen LogP contribution in [0.2, 0.25) is 0 Å². The smallest absolute Gasteiger partial charge is 0.744 e. The Labute approximate surface area is 275 Å². The molecule has 0 fully saturated rings. The standard InChI is InChI=1S/3C6H4Br2O3S.Al/c3*7-5-2-1-4(3-6(5)8)12(9,10)11;/h3*1-3H,(H,9,10,11);/q;;;+3/p-3. The van der Waals surface area contributed by atoms with Gasteiger partial charge in [-0.1, -0.05) is 0 Å². The van der Waals surface area contributed by atoms with Crippen LogP contribution in [0.3, 0.4) is 0 Å². The summed E-state index contributed by atoms with van der Waals surface area (Å²) in [5, 5.41) is 0. The zero-order chi connectivity index (χ0) is 28.1. The van der Waals surface area contributed by atoms with Gasteiger partial charge in [0.2, 0.25) is 0 Å². The zero-order valence-electron chi connectivity index (χ0n) is 17.4. The summed E-state index contributed by atoms with van der Waals surface area (Å²) in [6.07, 6.45) is 0. The topological polar surface area (TPSA) is 172 Å². The van der Waals surface area contributed by atoms with Gasteiger partial charge in [-0.05, 0) is 150 Å². The normalized spacial score (nSPS) is 11.3. The van der Waals surface area contributed by atoms with Crippen LogP contribution in [0, 0.1) is 0 Å². The summed E-state index contributed by atoms with van der Waals surface area (Å²) in [6.45, 7) is 0. The second-order valence-corrected chi connectivity index (χ2v) is 15.4. The first kappa shape index (κ1) is 37.8. The maximum atomic E-state index is 10.5. The molecular weight excluding hydrogens is 963 g/mol. The first-order valence-corrected chi connectivity index (χ1v) is 17.4. The molecule has 0 aromatic heterocycles. The molecule has 3 aromatic carbocycles. The molecule has 19 heteroatoms. The Morgan fingerprint density at radius 2 is 0.595 bits per heavy atom. The predicted octanol–water partition coefficient (Wildman–Crippen LogP) is 5.97. The van der Waals surface area contributed by atoms with Gasteiger partial charge >= 0.3 is 17.4 Å². The van der Waals surface area contributed by atoms with E-state index < -0.39 is 30.4 Å². The van der Waals surface area contributed by atoms with Crippen molar-refractivity contribution >= 4 is 143 Å². The van der Waals surface area contributed by atoms with Gasteiger partial charge in [-0.15, -0.1) is 0 Å². The van der Waals surface area contributed by atoms with Crippen molar-refractivity contribution < 1.29 is 38.9 Å². The van der Waals surface area contributed by atoms with Crippen molar-refractivity contribution in [3.63, 3.8) is 0 Å². The van der Waals surface area contributed by atoms with Gasteiger partial charge in [-0.2, -0.15) is 0 Å². The van der Waals surface area contributed by atoms with Crippen molar-refractivity contribution in [3.8, 4) is 0 Å². The van der Waals surface area contributed by atoms with Gasteiger partial charge in [0.1, 0.15) is 30.4 Å². The van der Waals surface area contributed by atoms with Gasteiger partial charge in [-0.25, -0.2) is 25.3 Å². The fourth-order valence-electron chi connectivity index (χ4n) is 1.90. The van der Waals surface area contributed by atoms with Crippen LogP contribution in [0.1, 0.15) is 0 Å². The van der Waals surface area contributed by atoms with E-state index in [1.54, 1.807) is 0 Å². The van der Waals surface area contributed by atoms with Crippen molar-refractivity contribution in [3.05, 3.63) is 81.4 Å². The van der Waals surface area contributed by atoms with Crippen molar-refractivity contribution in [1.82, 2.24) is 0 Å². The molecule has 0 aliphatic rings. The summed E-state index contributed by atoms with van der Waals surface area (Å²) >= 11 is 18.7. The third-order valence-electron chi connectivity index (χ3n) is 3.54. The molecule has 3 aromatic rings. The third-order valence-corrected chi connectivity index (χ3v) is 11.7. The first-order valence-electron chi connectivity index (χ1n) is 8.46. The Balaban J connectivity index is 0.000000518. The van der Waals surface area contributed by atoms with Gasteiger partial charge < -0.3 is 13.7 Å². The van der Waals surface area contributed by atoms with Crippen molar-refractivity contribution in [2.24, 2.45) is 0 Å². The number of halogens is 6. The fourth-order valence-corrected chi connectivity index (χ4v) is 5.72. The molecule has 0 heterocycles. The van der Waals surface area contributed by atoms with Crippen LogP contribution in [0.25, 0.3) is 0 Å². The average Bonchev–Trinajstić information content (AvgIpc) is 2.72. The Morgan fingerprint density at radius 1 is 0.405 bits per heavy atom. The van der Waals surface area contributed by atoms with Crippen molar-refractivity contribution in [1.29, 1.82) is 0 Å². The molecule has 0 saturated heterocycles. The zero-order valence-corrected chi connectivity index (χ0v) is 30.6. The third kappa shape index (κ3) is 13.3. The Bertz CT molecular complexity index is 1390. The van der Waals surface area contributed by atoms with E-state index in [4.69, 9.17) is 0 Å². The summed E-state index contributed by atoms with van der Waals surface area (Å²) in [4.78, 5) is -0.715. The fraction of sp³-hybridized carbons (Fsp3) is 0. The molecule has 0 atom stereocenters. The molecule has 37 heavy (non-hydrogen) atoms. The minimum absolute atomic E-state index is 0. The van der Waals surface area contributed by atoms with E-state index in [1.165, 1.54) is 54.6 Å². The molecule has 0 bridgehead atoms. The molecule has 0 saturated carbocycles. The summed E-state index contributed by atoms with van der Waals surface area (Å²) < 4.78 is 98.3. The molecule has 198 valence electrons. The van der Waals surface area contributed by atoms with Gasteiger partial charge in [0.25, 0.3) is 0 Å². The van der Waals surface area contributed by atoms with E-state index in [0.717, 1.165) is 0 Å². The van der Waals surface area contributed by atoms with Crippen LogP contribution in [-0.2, 0) is 30.4 Å². The molecular formula is C18H9AlBr6O9S3. The number of hydrogen-bond acceptors (Lipinski definition) is 9. The minimum atomic E-state index is -4.34. The van der Waals surface area contributed by atoms with E-state index in [0.29, 0.717) is 26.8 Å². The first-order chi connectivity index (χ1) is 16.2. The van der Waals surface area contributed by atoms with Crippen molar-refractivity contribution in [2.75, 3.05) is 0 Å². The van der Waals surface area contributed by atoms with Crippen LogP contribution in [0.5, 0.6) is 0 Å². The monoisotopic (exact) mass is 965 g/mol. The molecule has 0 aliphatic carbocycles. The number of hydrogen-bond donors (Lipinski definition) is 0. The molecule has 0 N–H and O–H groups in total. The van der Waals surface area contributed by atoms with Gasteiger partial charge in [0, 0.05) is 26.8 Å². The molecule has 0 amide bonds. The van der Waals surface area contributed by atoms with E-state index in [2.05, 4.69) is 95.6 Å². The molecule has 0 aliphatic heterocycles. The van der Waals surface area contributed by atoms with Gasteiger partial charge in [-0.3, -0.25) is 0 Å². The summed E-state index contributed by atoms with van der Waals surface area (Å²) in [7, 11) is -13.0. The van der Waals surface area contributed by atoms with Crippen LogP contribution in [-0.4, -0.2) is 56.3 Å². The Kier molecular flexibility index (Phi) is 16.0. The van der Waals surface area contributed by atoms with Crippen molar-refractivity contribution in [2.45, 2.75) is 14.7 Å². The SMILES string of the molecule is O=S(=O)([O-])c1ccc(Br)c(Br)c1.O=S(=O)([O-])c1ccc(Br)c(Br)c1.O=S(=O)([O-])c1ccc(Br)c(Br)c1.[Al+3]. The molecule has 0 unspecified atom stereocenters. The van der Waals surface area contributed by atoms with E-state index in [9.17, 15) is 38.9 Å². The predicted molar refractivity (Wildman–Crippen MR) is 155 cm³/mol. The molecule has 0 radical (unpaired) electrons.